The Morgan fingerprint density at radius 1 is 0.971 bits per heavy atom. The van der Waals surface area contributed by atoms with Gasteiger partial charge in [0.2, 0.25) is 4.96 Å². The highest BCUT2D eigenvalue weighted by molar-refractivity contribution is 7.15. The Balaban J connectivity index is 1.49. The third-order valence-corrected chi connectivity index (χ3v) is 6.91. The van der Waals surface area contributed by atoms with Gasteiger partial charge in [0.25, 0.3) is 11.5 Å². The summed E-state index contributed by atoms with van der Waals surface area (Å²) in [7, 11) is 0. The maximum atomic E-state index is 13.5. The topological polar surface area (TPSA) is 67.6 Å². The highest BCUT2D eigenvalue weighted by Gasteiger charge is 2.34. The van der Waals surface area contributed by atoms with Gasteiger partial charge in [0.15, 0.2) is 5.82 Å². The Morgan fingerprint density at radius 2 is 1.76 bits per heavy atom. The number of carbonyl (C=O) groups excluding carboxylic acids is 1. The maximum absolute atomic E-state index is 13.5. The molecule has 0 radical (unpaired) electrons. The molecule has 2 aromatic heterocycles. The first kappa shape index (κ1) is 20.7. The molecule has 0 N–H and O–H groups in total. The summed E-state index contributed by atoms with van der Waals surface area (Å²) in [5.74, 6) is -0.243. The van der Waals surface area contributed by atoms with Gasteiger partial charge in [-0.2, -0.15) is 9.50 Å². The quantitative estimate of drug-likeness (QED) is 0.384. The van der Waals surface area contributed by atoms with Crippen LogP contribution in [0.4, 0.5) is 10.1 Å². The zero-order chi connectivity index (χ0) is 23.4. The molecule has 6 nitrogen and oxygen atoms in total. The van der Waals surface area contributed by atoms with Crippen LogP contribution in [0, 0.1) is 5.82 Å². The first-order valence-electron chi connectivity index (χ1n) is 10.3. The Labute approximate surface area is 201 Å². The van der Waals surface area contributed by atoms with Crippen molar-refractivity contribution >= 4 is 45.1 Å². The van der Waals surface area contributed by atoms with Crippen LogP contribution < -0.4 is 15.0 Å². The van der Waals surface area contributed by atoms with Crippen LogP contribution in [0.25, 0.3) is 21.9 Å². The van der Waals surface area contributed by atoms with Gasteiger partial charge < -0.3 is 4.90 Å². The molecule has 1 aliphatic rings. The van der Waals surface area contributed by atoms with Gasteiger partial charge in [0.05, 0.1) is 17.8 Å². The van der Waals surface area contributed by atoms with E-state index >= 15 is 0 Å². The number of fused-ring (bicyclic) bond motifs is 2. The molecule has 0 saturated heterocycles. The number of amides is 1. The van der Waals surface area contributed by atoms with Crippen molar-refractivity contribution in [2.24, 2.45) is 0 Å². The molecule has 3 aromatic carbocycles. The average molecular weight is 489 g/mol. The van der Waals surface area contributed by atoms with Crippen LogP contribution in [-0.4, -0.2) is 20.5 Å². The van der Waals surface area contributed by atoms with Crippen molar-refractivity contribution in [1.29, 1.82) is 0 Å². The van der Waals surface area contributed by atoms with Crippen LogP contribution in [0.3, 0.4) is 0 Å². The number of aromatic nitrogens is 3. The summed E-state index contributed by atoms with van der Waals surface area (Å²) >= 11 is 7.20. The van der Waals surface area contributed by atoms with Gasteiger partial charge in [-0.25, -0.2) is 4.39 Å². The molecular formula is C25H14ClFN4O2S. The van der Waals surface area contributed by atoms with E-state index in [9.17, 15) is 14.0 Å². The number of anilines is 1. The largest absolute Gasteiger partial charge is 0.303 e. The minimum Gasteiger partial charge on any atom is -0.303 e. The minimum atomic E-state index is -0.400. The van der Waals surface area contributed by atoms with Crippen LogP contribution in [0.15, 0.2) is 77.6 Å². The number of para-hydroxylation sites is 1. The molecule has 1 aliphatic heterocycles. The molecule has 0 unspecified atom stereocenters. The van der Waals surface area contributed by atoms with Crippen LogP contribution in [0.5, 0.6) is 0 Å². The molecular weight excluding hydrogens is 475 g/mol. The van der Waals surface area contributed by atoms with Gasteiger partial charge >= 0.3 is 0 Å². The molecule has 0 atom stereocenters. The van der Waals surface area contributed by atoms with Gasteiger partial charge in [0, 0.05) is 16.1 Å². The van der Waals surface area contributed by atoms with Crippen molar-refractivity contribution < 1.29 is 9.18 Å². The second-order valence-corrected chi connectivity index (χ2v) is 9.20. The van der Waals surface area contributed by atoms with Gasteiger partial charge in [0.1, 0.15) is 10.3 Å². The first-order valence-corrected chi connectivity index (χ1v) is 11.5. The van der Waals surface area contributed by atoms with E-state index in [0.717, 1.165) is 16.9 Å². The average Bonchev–Trinajstić information content (AvgIpc) is 3.47. The third-order valence-electron chi connectivity index (χ3n) is 5.64. The second-order valence-electron chi connectivity index (χ2n) is 7.79. The number of nitrogens with zero attached hydrogens (tertiary/aromatic N) is 4. The number of benzene rings is 3. The van der Waals surface area contributed by atoms with Crippen molar-refractivity contribution in [3.8, 4) is 11.4 Å². The Hall–Kier alpha value is -3.88. The summed E-state index contributed by atoms with van der Waals surface area (Å²) < 4.78 is 14.8. The number of halogens is 2. The minimum absolute atomic E-state index is 0.257. The van der Waals surface area contributed by atoms with Crippen molar-refractivity contribution in [1.82, 2.24) is 14.6 Å². The number of rotatable bonds is 3. The second kappa shape index (κ2) is 7.86. The van der Waals surface area contributed by atoms with Crippen molar-refractivity contribution in [3.05, 3.63) is 110 Å². The molecule has 0 fully saturated rings. The van der Waals surface area contributed by atoms with E-state index in [-0.39, 0.29) is 22.8 Å². The first-order chi connectivity index (χ1) is 16.5. The normalized spacial score (nSPS) is 14.8. The standard InChI is InChI=1S/C25H14ClFN4O2S/c26-16-5-3-4-15(12-16)22-28-25-31(29-22)24(33)21(34-25)20-18-6-1-2-7-19(18)30(23(20)32)13-14-8-10-17(27)11-9-14/h1-12H,13H2. The lowest BCUT2D eigenvalue weighted by Gasteiger charge is -2.17. The lowest BCUT2D eigenvalue weighted by molar-refractivity contribution is -0.113. The van der Waals surface area contributed by atoms with Gasteiger partial charge in [-0.1, -0.05) is 65.4 Å². The van der Waals surface area contributed by atoms with E-state index in [0.29, 0.717) is 38.2 Å². The molecule has 3 heterocycles. The zero-order valence-electron chi connectivity index (χ0n) is 17.4. The summed E-state index contributed by atoms with van der Waals surface area (Å²) in [4.78, 5) is 33.3. The zero-order valence-corrected chi connectivity index (χ0v) is 19.0. The van der Waals surface area contributed by atoms with Crippen molar-refractivity contribution in [2.45, 2.75) is 6.54 Å². The maximum Gasteiger partial charge on any atom is 0.291 e. The monoisotopic (exact) mass is 488 g/mol. The van der Waals surface area contributed by atoms with Gasteiger partial charge in [-0.15, -0.1) is 5.10 Å². The Bertz CT molecular complexity index is 1710. The van der Waals surface area contributed by atoms with Gasteiger partial charge in [-0.3, -0.25) is 9.59 Å². The molecule has 166 valence electrons. The predicted molar refractivity (Wildman–Crippen MR) is 129 cm³/mol. The fraction of sp³-hybridized carbons (Fsp3) is 0.0400. The molecule has 0 aliphatic carbocycles. The van der Waals surface area contributed by atoms with E-state index in [1.165, 1.54) is 16.6 Å². The third kappa shape index (κ3) is 3.30. The van der Waals surface area contributed by atoms with E-state index < -0.39 is 5.56 Å². The molecule has 0 bridgehead atoms. The predicted octanol–water partition coefficient (Wildman–Crippen LogP) is 4.08. The number of carbonyl (C=O) groups is 1. The number of thiazole rings is 1. The smallest absolute Gasteiger partial charge is 0.291 e. The molecule has 6 rings (SSSR count). The highest BCUT2D eigenvalue weighted by atomic mass is 35.5. The lowest BCUT2D eigenvalue weighted by atomic mass is 10.1. The molecule has 5 aromatic rings. The Kier molecular flexibility index (Phi) is 4.79. The van der Waals surface area contributed by atoms with Crippen molar-refractivity contribution in [2.75, 3.05) is 4.90 Å². The fourth-order valence-corrected chi connectivity index (χ4v) is 5.25. The van der Waals surface area contributed by atoms with E-state index in [1.807, 2.05) is 30.3 Å². The molecule has 0 saturated carbocycles. The molecule has 1 amide bonds. The fourth-order valence-electron chi connectivity index (χ4n) is 4.06. The SMILES string of the molecule is O=C1C(=c2sc3nc(-c4cccc(Cl)c4)nn3c2=O)c2ccccc2N1Cc1ccc(F)cc1. The number of hydrogen-bond acceptors (Lipinski definition) is 5. The molecule has 0 spiro atoms. The summed E-state index contributed by atoms with van der Waals surface area (Å²) in [6, 6.07) is 20.4. The van der Waals surface area contributed by atoms with Gasteiger partial charge in [-0.05, 0) is 35.9 Å². The van der Waals surface area contributed by atoms with Crippen LogP contribution in [0.2, 0.25) is 5.02 Å². The summed E-state index contributed by atoms with van der Waals surface area (Å²) in [6.07, 6.45) is 0. The van der Waals surface area contributed by atoms with Crippen LogP contribution in [-0.2, 0) is 11.3 Å². The van der Waals surface area contributed by atoms with E-state index in [1.54, 1.807) is 35.2 Å². The Morgan fingerprint density at radius 3 is 2.53 bits per heavy atom. The van der Waals surface area contributed by atoms with Crippen molar-refractivity contribution in [3.63, 3.8) is 0 Å². The highest BCUT2D eigenvalue weighted by Crippen LogP contribution is 2.36. The van der Waals surface area contributed by atoms with E-state index in [4.69, 9.17) is 11.6 Å². The lowest BCUT2D eigenvalue weighted by Crippen LogP contribution is -2.32. The summed E-state index contributed by atoms with van der Waals surface area (Å²) in [6.45, 7) is 0.257. The summed E-state index contributed by atoms with van der Waals surface area (Å²) in [5.41, 5.74) is 2.77. The van der Waals surface area contributed by atoms with Crippen LogP contribution >= 0.6 is 22.9 Å². The molecule has 34 heavy (non-hydrogen) atoms. The molecule has 9 heteroatoms. The van der Waals surface area contributed by atoms with E-state index in [2.05, 4.69) is 10.1 Å². The number of hydrogen-bond donors (Lipinski definition) is 0. The summed E-state index contributed by atoms with van der Waals surface area (Å²) in [5, 5.41) is 4.91. The van der Waals surface area contributed by atoms with Crippen LogP contribution in [0.1, 0.15) is 11.1 Å².